The van der Waals surface area contributed by atoms with Crippen molar-refractivity contribution in [2.24, 2.45) is 0 Å². The van der Waals surface area contributed by atoms with Gasteiger partial charge in [0.05, 0.1) is 12.1 Å². The van der Waals surface area contributed by atoms with Gasteiger partial charge in [0.1, 0.15) is 6.17 Å². The standard InChI is InChI=1S/C12H24FNO/c1-4-6-8-14(5-2)12(3)7-9-15-10-11(12)13/h11H,4-10H2,1-3H3. The first kappa shape index (κ1) is 12.9. The van der Waals surface area contributed by atoms with Crippen molar-refractivity contribution >= 4 is 0 Å². The predicted octanol–water partition coefficient (Wildman–Crippen LogP) is 2.63. The first-order chi connectivity index (χ1) is 7.15. The lowest BCUT2D eigenvalue weighted by molar-refractivity contribution is -0.0785. The minimum atomic E-state index is -0.844. The van der Waals surface area contributed by atoms with Gasteiger partial charge in [0, 0.05) is 6.61 Å². The maximum absolute atomic E-state index is 13.9. The lowest BCUT2D eigenvalue weighted by Crippen LogP contribution is -2.57. The summed E-state index contributed by atoms with van der Waals surface area (Å²) in [6.07, 6.45) is 2.28. The molecule has 1 aliphatic rings. The number of hydrogen-bond acceptors (Lipinski definition) is 2. The molecule has 0 saturated carbocycles. The van der Waals surface area contributed by atoms with E-state index in [4.69, 9.17) is 4.74 Å². The number of nitrogens with zero attached hydrogens (tertiary/aromatic N) is 1. The van der Waals surface area contributed by atoms with E-state index in [2.05, 4.69) is 18.7 Å². The van der Waals surface area contributed by atoms with E-state index in [-0.39, 0.29) is 12.1 Å². The largest absolute Gasteiger partial charge is 0.378 e. The highest BCUT2D eigenvalue weighted by Gasteiger charge is 2.41. The van der Waals surface area contributed by atoms with Gasteiger partial charge >= 0.3 is 0 Å². The molecule has 3 heteroatoms. The second-order valence-electron chi connectivity index (χ2n) is 4.58. The van der Waals surface area contributed by atoms with Crippen molar-refractivity contribution in [2.75, 3.05) is 26.3 Å². The van der Waals surface area contributed by atoms with Crippen LogP contribution in [0.3, 0.4) is 0 Å². The van der Waals surface area contributed by atoms with Crippen molar-refractivity contribution in [3.63, 3.8) is 0 Å². The average molecular weight is 217 g/mol. The van der Waals surface area contributed by atoms with Crippen molar-refractivity contribution < 1.29 is 9.13 Å². The summed E-state index contributed by atoms with van der Waals surface area (Å²) >= 11 is 0. The zero-order valence-electron chi connectivity index (χ0n) is 10.3. The molecule has 0 aromatic carbocycles. The third-order valence-electron chi connectivity index (χ3n) is 3.58. The van der Waals surface area contributed by atoms with Crippen LogP contribution < -0.4 is 0 Å². The van der Waals surface area contributed by atoms with E-state index in [1.165, 1.54) is 6.42 Å². The topological polar surface area (TPSA) is 12.5 Å². The summed E-state index contributed by atoms with van der Waals surface area (Å²) in [5.74, 6) is 0. The van der Waals surface area contributed by atoms with Crippen LogP contribution in [0.25, 0.3) is 0 Å². The number of alkyl halides is 1. The van der Waals surface area contributed by atoms with E-state index in [1.807, 2.05) is 6.92 Å². The van der Waals surface area contributed by atoms with Crippen molar-refractivity contribution in [3.05, 3.63) is 0 Å². The van der Waals surface area contributed by atoms with Gasteiger partial charge in [-0.05, 0) is 32.9 Å². The van der Waals surface area contributed by atoms with Crippen LogP contribution in [-0.4, -0.2) is 42.9 Å². The zero-order chi connectivity index (χ0) is 11.3. The second kappa shape index (κ2) is 5.80. The molecule has 2 nitrogen and oxygen atoms in total. The van der Waals surface area contributed by atoms with Gasteiger partial charge in [-0.15, -0.1) is 0 Å². The Morgan fingerprint density at radius 2 is 2.20 bits per heavy atom. The second-order valence-corrected chi connectivity index (χ2v) is 4.58. The molecule has 90 valence electrons. The number of hydrogen-bond donors (Lipinski definition) is 0. The van der Waals surface area contributed by atoms with Gasteiger partial charge in [0.25, 0.3) is 0 Å². The van der Waals surface area contributed by atoms with E-state index in [1.54, 1.807) is 0 Å². The quantitative estimate of drug-likeness (QED) is 0.702. The molecule has 0 bridgehead atoms. The van der Waals surface area contributed by atoms with Crippen molar-refractivity contribution in [1.82, 2.24) is 4.90 Å². The summed E-state index contributed by atoms with van der Waals surface area (Å²) in [4.78, 5) is 2.28. The molecule has 1 fully saturated rings. The van der Waals surface area contributed by atoms with Gasteiger partial charge < -0.3 is 4.74 Å². The Kier molecular flexibility index (Phi) is 5.00. The van der Waals surface area contributed by atoms with Crippen molar-refractivity contribution in [1.29, 1.82) is 0 Å². The molecule has 2 unspecified atom stereocenters. The minimum absolute atomic E-state index is 0.263. The van der Waals surface area contributed by atoms with E-state index in [0.29, 0.717) is 6.61 Å². The Labute approximate surface area is 92.8 Å². The van der Waals surface area contributed by atoms with Crippen LogP contribution in [-0.2, 0) is 4.74 Å². The molecule has 0 amide bonds. The zero-order valence-corrected chi connectivity index (χ0v) is 10.3. The molecule has 1 rings (SSSR count). The van der Waals surface area contributed by atoms with Gasteiger partial charge in [-0.2, -0.15) is 0 Å². The molecular weight excluding hydrogens is 193 g/mol. The summed E-state index contributed by atoms with van der Waals surface area (Å²) in [6, 6.07) is 0. The number of ether oxygens (including phenoxy) is 1. The Morgan fingerprint density at radius 3 is 2.73 bits per heavy atom. The van der Waals surface area contributed by atoms with E-state index >= 15 is 0 Å². The van der Waals surface area contributed by atoms with Gasteiger partial charge in [0.15, 0.2) is 0 Å². The van der Waals surface area contributed by atoms with Crippen molar-refractivity contribution in [3.8, 4) is 0 Å². The summed E-state index contributed by atoms with van der Waals surface area (Å²) in [5, 5.41) is 0. The SMILES string of the molecule is CCCCN(CC)C1(C)CCOCC1F. The third-order valence-corrected chi connectivity index (χ3v) is 3.58. The molecule has 0 aliphatic carbocycles. The maximum Gasteiger partial charge on any atom is 0.141 e. The van der Waals surface area contributed by atoms with Gasteiger partial charge in [0.2, 0.25) is 0 Å². The summed E-state index contributed by atoms with van der Waals surface area (Å²) in [6.45, 7) is 9.22. The highest BCUT2D eigenvalue weighted by Crippen LogP contribution is 2.30. The maximum atomic E-state index is 13.9. The summed E-state index contributed by atoms with van der Waals surface area (Å²) < 4.78 is 19.1. The van der Waals surface area contributed by atoms with Crippen LogP contribution in [0.4, 0.5) is 4.39 Å². The molecule has 1 aliphatic heterocycles. The molecular formula is C12H24FNO. The fourth-order valence-electron chi connectivity index (χ4n) is 2.28. The molecule has 0 radical (unpaired) electrons. The molecule has 0 aromatic heterocycles. The van der Waals surface area contributed by atoms with Crippen LogP contribution in [0.5, 0.6) is 0 Å². The summed E-state index contributed by atoms with van der Waals surface area (Å²) in [7, 11) is 0. The lowest BCUT2D eigenvalue weighted by Gasteiger charge is -2.45. The van der Waals surface area contributed by atoms with E-state index in [9.17, 15) is 4.39 Å². The Hall–Kier alpha value is -0.150. The van der Waals surface area contributed by atoms with Crippen LogP contribution in [0.1, 0.15) is 40.0 Å². The summed E-state index contributed by atoms with van der Waals surface area (Å²) in [5.41, 5.74) is -0.303. The van der Waals surface area contributed by atoms with E-state index in [0.717, 1.165) is 25.9 Å². The molecule has 2 atom stereocenters. The monoisotopic (exact) mass is 217 g/mol. The van der Waals surface area contributed by atoms with Crippen LogP contribution in [0.15, 0.2) is 0 Å². The molecule has 1 heterocycles. The molecule has 15 heavy (non-hydrogen) atoms. The Balaban J connectivity index is 2.61. The molecule has 1 saturated heterocycles. The third kappa shape index (κ3) is 2.91. The minimum Gasteiger partial charge on any atom is -0.378 e. The first-order valence-electron chi connectivity index (χ1n) is 6.12. The average Bonchev–Trinajstić information content (AvgIpc) is 2.24. The fourth-order valence-corrected chi connectivity index (χ4v) is 2.28. The van der Waals surface area contributed by atoms with Gasteiger partial charge in [-0.25, -0.2) is 4.39 Å². The molecule has 0 spiro atoms. The molecule has 0 aromatic rings. The first-order valence-corrected chi connectivity index (χ1v) is 6.12. The van der Waals surface area contributed by atoms with Gasteiger partial charge in [-0.3, -0.25) is 4.90 Å². The smallest absolute Gasteiger partial charge is 0.141 e. The molecule has 0 N–H and O–H groups in total. The van der Waals surface area contributed by atoms with E-state index < -0.39 is 6.17 Å². The van der Waals surface area contributed by atoms with Crippen LogP contribution in [0.2, 0.25) is 0 Å². The Morgan fingerprint density at radius 1 is 1.47 bits per heavy atom. The van der Waals surface area contributed by atoms with Gasteiger partial charge in [-0.1, -0.05) is 20.3 Å². The highest BCUT2D eigenvalue weighted by molar-refractivity contribution is 4.95. The Bertz CT molecular complexity index is 188. The van der Waals surface area contributed by atoms with Crippen molar-refractivity contribution in [2.45, 2.75) is 51.7 Å². The number of unbranched alkanes of at least 4 members (excludes halogenated alkanes) is 1. The van der Waals surface area contributed by atoms with Crippen LogP contribution in [0, 0.1) is 0 Å². The normalized spacial score (nSPS) is 32.2. The highest BCUT2D eigenvalue weighted by atomic mass is 19.1. The van der Waals surface area contributed by atoms with Crippen LogP contribution >= 0.6 is 0 Å². The number of rotatable bonds is 5. The fraction of sp³-hybridized carbons (Fsp3) is 1.00. The predicted molar refractivity (Wildman–Crippen MR) is 60.9 cm³/mol. The number of halogens is 1. The lowest BCUT2D eigenvalue weighted by atomic mass is 9.88.